The Kier molecular flexibility index (Phi) is 15.2. The molecule has 0 N–H and O–H groups in total. The molecule has 21 rings (SSSR count). The van der Waals surface area contributed by atoms with Crippen LogP contribution in [-0.2, 0) is 9.31 Å². The van der Waals surface area contributed by atoms with E-state index in [1.165, 1.54) is 121 Å². The van der Waals surface area contributed by atoms with Crippen LogP contribution in [0.1, 0.15) is 27.7 Å². The summed E-state index contributed by atoms with van der Waals surface area (Å²) in [6.45, 7) is 8.38. The van der Waals surface area contributed by atoms with Gasteiger partial charge in [0.2, 0.25) is 0 Å². The highest BCUT2D eigenvalue weighted by atomic mass is 79.9. The van der Waals surface area contributed by atoms with Crippen LogP contribution in [0.5, 0.6) is 0 Å². The lowest BCUT2D eigenvalue weighted by Gasteiger charge is -2.32. The van der Waals surface area contributed by atoms with Crippen LogP contribution in [0.15, 0.2) is 344 Å². The van der Waals surface area contributed by atoms with Crippen LogP contribution in [-0.4, -0.2) is 37.4 Å². The van der Waals surface area contributed by atoms with Gasteiger partial charge in [-0.05, 0) is 227 Å². The maximum absolute atomic E-state index is 6.27. The molecule has 0 radical (unpaired) electrons. The minimum Gasteiger partial charge on any atom is -0.399 e. The van der Waals surface area contributed by atoms with Gasteiger partial charge in [0.15, 0.2) is 0 Å². The van der Waals surface area contributed by atoms with E-state index in [0.29, 0.717) is 0 Å². The monoisotopic (exact) mass is 1400 g/mol. The van der Waals surface area contributed by atoms with E-state index >= 15 is 0 Å². The van der Waals surface area contributed by atoms with Crippen molar-refractivity contribution < 1.29 is 9.31 Å². The molecule has 16 aromatic carbocycles. The van der Waals surface area contributed by atoms with Crippen molar-refractivity contribution in [1.29, 1.82) is 0 Å². The zero-order chi connectivity index (χ0) is 69.8. The molecule has 0 bridgehead atoms. The van der Waals surface area contributed by atoms with Gasteiger partial charge in [-0.2, -0.15) is 0 Å². The van der Waals surface area contributed by atoms with Gasteiger partial charge in [-0.15, -0.1) is 0 Å². The summed E-state index contributed by atoms with van der Waals surface area (Å²) in [6.07, 6.45) is 0. The molecule has 1 saturated heterocycles. The molecule has 2 aliphatic carbocycles. The number of aromatic nitrogens is 4. The first kappa shape index (κ1) is 62.9. The van der Waals surface area contributed by atoms with Crippen LogP contribution in [0, 0.1) is 0 Å². The fourth-order valence-corrected chi connectivity index (χ4v) is 16.2. The lowest BCUT2D eigenvalue weighted by molar-refractivity contribution is 0.00578. The second kappa shape index (κ2) is 25.2. The van der Waals surface area contributed by atoms with Gasteiger partial charge in [-0.25, -0.2) is 9.97 Å². The van der Waals surface area contributed by atoms with Gasteiger partial charge in [0.05, 0.1) is 33.3 Å². The van der Waals surface area contributed by atoms with Crippen molar-refractivity contribution in [1.82, 2.24) is 19.1 Å². The predicted octanol–water partition coefficient (Wildman–Crippen LogP) is 25.0. The maximum atomic E-state index is 6.27. The first-order valence-corrected chi connectivity index (χ1v) is 36.4. The number of benzene rings is 16. The number of fused-ring (bicyclic) bond motifs is 10. The molecular weight excluding hydrogens is 1330 g/mol. The molecule has 494 valence electrons. The molecule has 2 aromatic heterocycles. The summed E-state index contributed by atoms with van der Waals surface area (Å²) in [6, 6.07) is 122. The fraction of sp³-hybridized carbons (Fsp3) is 0.0625. The minimum atomic E-state index is -0.345. The lowest BCUT2D eigenvalue weighted by Crippen LogP contribution is -2.41. The first-order valence-electron chi connectivity index (χ1n) is 35.6. The molecule has 0 unspecified atom stereocenters. The smallest absolute Gasteiger partial charge is 0.399 e. The highest BCUT2D eigenvalue weighted by molar-refractivity contribution is 9.10. The Labute approximate surface area is 613 Å². The van der Waals surface area contributed by atoms with Gasteiger partial charge in [-0.1, -0.05) is 283 Å². The predicted molar refractivity (Wildman–Crippen MR) is 438 cm³/mol. The molecule has 3 aliphatic rings. The number of para-hydroxylation sites is 4. The summed E-state index contributed by atoms with van der Waals surface area (Å²) >= 11 is 3.56. The maximum Gasteiger partial charge on any atom is 0.494 e. The number of rotatable bonds is 8. The number of halogens is 1. The van der Waals surface area contributed by atoms with E-state index in [4.69, 9.17) is 19.3 Å². The van der Waals surface area contributed by atoms with E-state index in [9.17, 15) is 0 Å². The van der Waals surface area contributed by atoms with E-state index in [-0.39, 0.29) is 18.3 Å². The van der Waals surface area contributed by atoms with Crippen molar-refractivity contribution in [2.75, 3.05) is 0 Å². The first-order chi connectivity index (χ1) is 50.9. The Hall–Kier alpha value is -12.0. The summed E-state index contributed by atoms with van der Waals surface area (Å²) in [5.74, 6) is 1.90. The second-order valence-electron chi connectivity index (χ2n) is 28.3. The normalized spacial score (nSPS) is 13.5. The molecule has 0 atom stereocenters. The topological polar surface area (TPSA) is 54.1 Å². The average molecular weight is 1400 g/mol. The van der Waals surface area contributed by atoms with E-state index in [1.54, 1.807) is 0 Å². The van der Waals surface area contributed by atoms with Gasteiger partial charge >= 0.3 is 7.12 Å². The van der Waals surface area contributed by atoms with Gasteiger partial charge in [0, 0.05) is 27.0 Å². The summed E-state index contributed by atoms with van der Waals surface area (Å²) in [5, 5.41) is 10.2. The molecule has 6 nitrogen and oxygen atoms in total. The third kappa shape index (κ3) is 10.8. The fourth-order valence-electron chi connectivity index (χ4n) is 15.8. The van der Waals surface area contributed by atoms with Crippen LogP contribution < -0.4 is 5.46 Å². The Balaban J connectivity index is 0.000000115. The van der Waals surface area contributed by atoms with Crippen LogP contribution in [0.25, 0.3) is 177 Å². The summed E-state index contributed by atoms with van der Waals surface area (Å²) < 4.78 is 18.1. The summed E-state index contributed by atoms with van der Waals surface area (Å²) in [4.78, 5) is 9.88. The van der Waals surface area contributed by atoms with Crippen molar-refractivity contribution in [2.24, 2.45) is 0 Å². The largest absolute Gasteiger partial charge is 0.494 e. The Morgan fingerprint density at radius 3 is 1.15 bits per heavy atom. The lowest BCUT2D eigenvalue weighted by atomic mass is 9.78. The van der Waals surface area contributed by atoms with E-state index in [2.05, 4.69) is 344 Å². The Bertz CT molecular complexity index is 6400. The third-order valence-electron chi connectivity index (χ3n) is 21.6. The van der Waals surface area contributed by atoms with Crippen LogP contribution >= 0.6 is 15.9 Å². The SMILES string of the molecule is Brc1cccc(-n2c(-c3ccccc3)nc3ccccc32)c1.CC1(C)OB(c2ccc3cc(-c4ccc5c6c(cccc46)-c4ccccc4-5)ccc3c2)OC1(C)C.c1ccc(-c2nc3ccccc3n2-c2cccc(-c3ccc4cc(-c5ccc6c7c(cccc57)-c5ccccc5-6)ccc4c3)c2)cc1. The summed E-state index contributed by atoms with van der Waals surface area (Å²) in [7, 11) is -0.345. The zero-order valence-electron chi connectivity index (χ0n) is 57.9. The quantitative estimate of drug-likeness (QED) is 0.142. The molecule has 3 heterocycles. The van der Waals surface area contributed by atoms with Gasteiger partial charge in [0.25, 0.3) is 0 Å². The molecule has 104 heavy (non-hydrogen) atoms. The standard InChI is InChI=1S/C45H28N2.C32H27BO2.C19H13BrN2/c1-2-10-29(11-3-1)45-46-42-18-6-7-19-43(42)47(45)35-13-8-12-30(28-35)31-20-21-33-27-34(23-22-32(33)26-31)36-24-25-41-38-15-5-4-14-37(38)40-17-9-16-39(36)44(40)41;1-31(2)32(3,4)35-33(34-31)23-15-14-20-18-22(13-12-21(20)19-23)24-16-17-29-26-9-6-5-8-25(26)28-11-7-10-27(24)30(28)29;20-15-9-6-10-16(13-15)22-18-12-5-4-11-17(18)21-19(22)14-7-2-1-3-8-14/h1-28H;5-19H,1-4H3;1-13H. The van der Waals surface area contributed by atoms with Gasteiger partial charge in [0.1, 0.15) is 11.6 Å². The summed E-state index contributed by atoms with van der Waals surface area (Å²) in [5.41, 5.74) is 27.1. The Morgan fingerprint density at radius 2 is 0.654 bits per heavy atom. The molecule has 1 fully saturated rings. The number of hydrogen-bond acceptors (Lipinski definition) is 4. The highest BCUT2D eigenvalue weighted by Crippen LogP contribution is 2.51. The molecule has 0 spiro atoms. The van der Waals surface area contributed by atoms with E-state index in [1.807, 2.05) is 48.5 Å². The average Bonchev–Trinajstić information content (AvgIpc) is 1.48. The minimum absolute atomic E-state index is 0.341. The van der Waals surface area contributed by atoms with Crippen LogP contribution in [0.2, 0.25) is 0 Å². The Morgan fingerprint density at radius 1 is 0.288 bits per heavy atom. The van der Waals surface area contributed by atoms with Crippen molar-refractivity contribution in [3.63, 3.8) is 0 Å². The van der Waals surface area contributed by atoms with Gasteiger partial charge in [-0.3, -0.25) is 9.13 Å². The molecule has 8 heteroatoms. The van der Waals surface area contributed by atoms with Crippen molar-refractivity contribution in [3.05, 3.63) is 344 Å². The van der Waals surface area contributed by atoms with Crippen LogP contribution in [0.4, 0.5) is 0 Å². The zero-order valence-corrected chi connectivity index (χ0v) is 59.5. The highest BCUT2D eigenvalue weighted by Gasteiger charge is 2.51. The number of nitrogens with zero attached hydrogens (tertiary/aromatic N) is 4. The van der Waals surface area contributed by atoms with E-state index in [0.717, 1.165) is 66.2 Å². The van der Waals surface area contributed by atoms with E-state index < -0.39 is 0 Å². The van der Waals surface area contributed by atoms with Gasteiger partial charge < -0.3 is 9.31 Å². The molecule has 0 amide bonds. The molecule has 1 aliphatic heterocycles. The number of hydrogen-bond donors (Lipinski definition) is 0. The molecular formula is C96H68BBrN4O2. The van der Waals surface area contributed by atoms with Crippen molar-refractivity contribution in [2.45, 2.75) is 38.9 Å². The number of imidazole rings is 2. The van der Waals surface area contributed by atoms with Crippen molar-refractivity contribution in [3.8, 4) is 112 Å². The molecule has 0 saturated carbocycles. The van der Waals surface area contributed by atoms with Crippen molar-refractivity contribution >= 4 is 93.7 Å². The van der Waals surface area contributed by atoms with Crippen LogP contribution in [0.3, 0.4) is 0 Å². The second-order valence-corrected chi connectivity index (χ2v) is 29.3. The third-order valence-corrected chi connectivity index (χ3v) is 22.1. The molecule has 18 aromatic rings.